The topological polar surface area (TPSA) is 64.8 Å². The Bertz CT molecular complexity index is 224. The van der Waals surface area contributed by atoms with Crippen LogP contribution in [0.5, 0.6) is 0 Å². The maximum absolute atomic E-state index is 11.9. The van der Waals surface area contributed by atoms with E-state index in [0.29, 0.717) is 6.54 Å². The van der Waals surface area contributed by atoms with Crippen LogP contribution in [0.15, 0.2) is 0 Å². The highest BCUT2D eigenvalue weighted by Gasteiger charge is 2.25. The van der Waals surface area contributed by atoms with Gasteiger partial charge in [0.1, 0.15) is 5.60 Å². The van der Waals surface area contributed by atoms with Gasteiger partial charge in [0.05, 0.1) is 12.6 Å². The third-order valence-corrected chi connectivity index (χ3v) is 1.94. The number of carbonyl (C=O) groups excluding carboxylic acids is 1. The van der Waals surface area contributed by atoms with Crippen LogP contribution in [0, 0.1) is 0 Å². The monoisotopic (exact) mass is 232 g/mol. The van der Waals surface area contributed by atoms with Gasteiger partial charge < -0.3 is 9.64 Å². The number of hydrogen-bond donors (Lipinski definition) is 1. The van der Waals surface area contributed by atoms with Crippen LogP contribution in [0.2, 0.25) is 0 Å². The van der Waals surface area contributed by atoms with Crippen molar-refractivity contribution in [1.29, 1.82) is 0 Å². The second kappa shape index (κ2) is 6.06. The molecule has 2 N–H and O–H groups in total. The SMILES string of the molecule is CC(CN(C(=O)OC(C)(C)C)C(C)C)ON. The predicted octanol–water partition coefficient (Wildman–Crippen LogP) is 1.91. The minimum atomic E-state index is -0.489. The van der Waals surface area contributed by atoms with Crippen LogP contribution in [0.4, 0.5) is 4.79 Å². The van der Waals surface area contributed by atoms with Crippen LogP contribution in [-0.2, 0) is 9.57 Å². The highest BCUT2D eigenvalue weighted by molar-refractivity contribution is 5.68. The van der Waals surface area contributed by atoms with Gasteiger partial charge in [-0.05, 0) is 41.5 Å². The second-order valence-corrected chi connectivity index (χ2v) is 5.17. The lowest BCUT2D eigenvalue weighted by molar-refractivity contribution is -0.00531. The molecule has 0 aromatic rings. The third-order valence-electron chi connectivity index (χ3n) is 1.94. The molecule has 16 heavy (non-hydrogen) atoms. The zero-order chi connectivity index (χ0) is 12.9. The fourth-order valence-electron chi connectivity index (χ4n) is 1.14. The predicted molar refractivity (Wildman–Crippen MR) is 62.8 cm³/mol. The highest BCUT2D eigenvalue weighted by Crippen LogP contribution is 2.12. The van der Waals surface area contributed by atoms with Gasteiger partial charge in [-0.2, -0.15) is 0 Å². The van der Waals surface area contributed by atoms with E-state index in [-0.39, 0.29) is 18.2 Å². The lowest BCUT2D eigenvalue weighted by Gasteiger charge is -2.31. The van der Waals surface area contributed by atoms with Crippen molar-refractivity contribution >= 4 is 6.09 Å². The first-order valence-electron chi connectivity index (χ1n) is 5.52. The van der Waals surface area contributed by atoms with Gasteiger partial charge in [-0.3, -0.25) is 4.84 Å². The van der Waals surface area contributed by atoms with E-state index in [1.807, 2.05) is 34.6 Å². The van der Waals surface area contributed by atoms with Gasteiger partial charge in [0.2, 0.25) is 0 Å². The third kappa shape index (κ3) is 5.92. The van der Waals surface area contributed by atoms with Crippen molar-refractivity contribution in [2.75, 3.05) is 6.54 Å². The van der Waals surface area contributed by atoms with Crippen LogP contribution >= 0.6 is 0 Å². The summed E-state index contributed by atoms with van der Waals surface area (Å²) in [4.78, 5) is 18.1. The molecule has 0 radical (unpaired) electrons. The summed E-state index contributed by atoms with van der Waals surface area (Å²) in [6.07, 6.45) is -0.554. The standard InChI is InChI=1S/C11H24N2O3/c1-8(2)13(7-9(3)16-12)10(14)15-11(4,5)6/h8-9H,7,12H2,1-6H3. The molecule has 0 aromatic carbocycles. The molecule has 1 amide bonds. The molecule has 0 aliphatic carbocycles. The molecular formula is C11H24N2O3. The van der Waals surface area contributed by atoms with E-state index in [2.05, 4.69) is 4.84 Å². The number of carbonyl (C=O) groups is 1. The molecule has 0 saturated carbocycles. The van der Waals surface area contributed by atoms with Crippen LogP contribution in [-0.4, -0.2) is 35.3 Å². The number of rotatable bonds is 4. The zero-order valence-corrected chi connectivity index (χ0v) is 11.1. The Labute approximate surface area is 97.8 Å². The summed E-state index contributed by atoms with van der Waals surface area (Å²) >= 11 is 0. The molecule has 0 aliphatic rings. The van der Waals surface area contributed by atoms with Crippen molar-refractivity contribution in [1.82, 2.24) is 4.90 Å². The van der Waals surface area contributed by atoms with Crippen molar-refractivity contribution in [3.8, 4) is 0 Å². The summed E-state index contributed by atoms with van der Waals surface area (Å²) in [6.45, 7) is 11.6. The Kier molecular flexibility index (Phi) is 5.75. The molecule has 1 unspecified atom stereocenters. The lowest BCUT2D eigenvalue weighted by atomic mass is 10.2. The summed E-state index contributed by atoms with van der Waals surface area (Å²) < 4.78 is 5.30. The average molecular weight is 232 g/mol. The molecule has 0 bridgehead atoms. The normalized spacial score (nSPS) is 13.8. The maximum Gasteiger partial charge on any atom is 0.410 e. The Hall–Kier alpha value is -0.810. The molecule has 5 heteroatoms. The summed E-state index contributed by atoms with van der Waals surface area (Å²) in [5.74, 6) is 5.07. The van der Waals surface area contributed by atoms with Gasteiger partial charge in [0.25, 0.3) is 0 Å². The number of amides is 1. The first kappa shape index (κ1) is 15.2. The van der Waals surface area contributed by atoms with E-state index in [0.717, 1.165) is 0 Å². The molecule has 1 atom stereocenters. The molecule has 0 spiro atoms. The van der Waals surface area contributed by atoms with E-state index < -0.39 is 5.60 Å². The number of hydrogen-bond acceptors (Lipinski definition) is 4. The Morgan fingerprint density at radius 2 is 1.81 bits per heavy atom. The minimum Gasteiger partial charge on any atom is -0.444 e. The van der Waals surface area contributed by atoms with Crippen LogP contribution < -0.4 is 5.90 Å². The lowest BCUT2D eigenvalue weighted by Crippen LogP contribution is -2.45. The van der Waals surface area contributed by atoms with Crippen LogP contribution in [0.1, 0.15) is 41.5 Å². The quantitative estimate of drug-likeness (QED) is 0.752. The summed E-state index contributed by atoms with van der Waals surface area (Å²) in [5, 5.41) is 0. The maximum atomic E-state index is 11.9. The molecule has 5 nitrogen and oxygen atoms in total. The first-order chi connectivity index (χ1) is 7.17. The molecular weight excluding hydrogens is 208 g/mol. The van der Waals surface area contributed by atoms with E-state index in [1.165, 1.54) is 0 Å². The molecule has 0 aromatic heterocycles. The highest BCUT2D eigenvalue weighted by atomic mass is 16.6. The van der Waals surface area contributed by atoms with Gasteiger partial charge >= 0.3 is 6.09 Å². The fraction of sp³-hybridized carbons (Fsp3) is 0.909. The Morgan fingerprint density at radius 1 is 1.31 bits per heavy atom. The van der Waals surface area contributed by atoms with E-state index >= 15 is 0 Å². The second-order valence-electron chi connectivity index (χ2n) is 5.17. The number of ether oxygens (including phenoxy) is 1. The molecule has 96 valence electrons. The number of nitrogens with two attached hydrogens (primary N) is 1. The summed E-state index contributed by atoms with van der Waals surface area (Å²) in [7, 11) is 0. The van der Waals surface area contributed by atoms with Gasteiger partial charge in [-0.1, -0.05) is 0 Å². The summed E-state index contributed by atoms with van der Waals surface area (Å²) in [6, 6.07) is 0.0486. The van der Waals surface area contributed by atoms with E-state index in [4.69, 9.17) is 10.6 Å². The number of nitrogens with zero attached hydrogens (tertiary/aromatic N) is 1. The van der Waals surface area contributed by atoms with E-state index in [9.17, 15) is 4.79 Å². The molecule has 0 rings (SSSR count). The van der Waals surface area contributed by atoms with Crippen molar-refractivity contribution in [3.63, 3.8) is 0 Å². The van der Waals surface area contributed by atoms with Crippen LogP contribution in [0.3, 0.4) is 0 Å². The zero-order valence-electron chi connectivity index (χ0n) is 11.1. The first-order valence-corrected chi connectivity index (χ1v) is 5.52. The van der Waals surface area contributed by atoms with Crippen molar-refractivity contribution in [2.45, 2.75) is 59.3 Å². The average Bonchev–Trinajstić information content (AvgIpc) is 2.09. The van der Waals surface area contributed by atoms with Gasteiger partial charge in [-0.25, -0.2) is 10.7 Å². The molecule has 0 saturated heterocycles. The van der Waals surface area contributed by atoms with Crippen LogP contribution in [0.25, 0.3) is 0 Å². The van der Waals surface area contributed by atoms with Gasteiger partial charge in [0, 0.05) is 6.04 Å². The summed E-state index contributed by atoms with van der Waals surface area (Å²) in [5.41, 5.74) is -0.489. The fourth-order valence-corrected chi connectivity index (χ4v) is 1.14. The van der Waals surface area contributed by atoms with Crippen molar-refractivity contribution < 1.29 is 14.4 Å². The Morgan fingerprint density at radius 3 is 2.12 bits per heavy atom. The van der Waals surface area contributed by atoms with Gasteiger partial charge in [-0.15, -0.1) is 0 Å². The molecule has 0 heterocycles. The smallest absolute Gasteiger partial charge is 0.410 e. The molecule has 0 aliphatic heterocycles. The Balaban J connectivity index is 4.48. The van der Waals surface area contributed by atoms with E-state index in [1.54, 1.807) is 11.8 Å². The largest absolute Gasteiger partial charge is 0.444 e. The molecule has 0 fully saturated rings. The van der Waals surface area contributed by atoms with Crippen molar-refractivity contribution in [2.24, 2.45) is 5.90 Å². The van der Waals surface area contributed by atoms with Crippen molar-refractivity contribution in [3.05, 3.63) is 0 Å². The van der Waals surface area contributed by atoms with Gasteiger partial charge in [0.15, 0.2) is 0 Å². The minimum absolute atomic E-state index is 0.0486.